The smallest absolute Gasteiger partial charge is 0.317 e. The second kappa shape index (κ2) is 27.4. The molecule has 1 aliphatic heterocycles. The van der Waals surface area contributed by atoms with Crippen LogP contribution in [0.25, 0.3) is 68.7 Å². The molecule has 3 aromatic carbocycles. The topological polar surface area (TPSA) is 349 Å². The van der Waals surface area contributed by atoms with Crippen molar-refractivity contribution < 1.29 is 50.6 Å². The summed E-state index contributed by atoms with van der Waals surface area (Å²) in [6.07, 6.45) is 4.28. The van der Waals surface area contributed by atoms with Gasteiger partial charge in [0.25, 0.3) is 5.56 Å². The second-order valence-corrected chi connectivity index (χ2v) is 23.2. The summed E-state index contributed by atoms with van der Waals surface area (Å²) in [4.78, 5) is 62.8. The van der Waals surface area contributed by atoms with Crippen LogP contribution in [0.5, 0.6) is 0 Å². The molecule has 10 heterocycles. The van der Waals surface area contributed by atoms with Crippen LogP contribution in [0.15, 0.2) is 146 Å². The van der Waals surface area contributed by atoms with Gasteiger partial charge in [-0.05, 0) is 91.8 Å². The van der Waals surface area contributed by atoms with Crippen LogP contribution in [0.2, 0.25) is 5.15 Å². The van der Waals surface area contributed by atoms with Gasteiger partial charge in [0.2, 0.25) is 17.6 Å². The van der Waals surface area contributed by atoms with Crippen LogP contribution in [-0.4, -0.2) is 121 Å². The lowest BCUT2D eigenvalue weighted by Gasteiger charge is -2.22. The maximum absolute atomic E-state index is 14.3. The fourth-order valence-electron chi connectivity index (χ4n) is 9.79. The number of H-pyrrole nitrogens is 1. The molecule has 96 heavy (non-hydrogen) atoms. The lowest BCUT2D eigenvalue weighted by atomic mass is 9.89. The highest BCUT2D eigenvalue weighted by molar-refractivity contribution is 6.30. The normalized spacial score (nSPS) is 12.5. The summed E-state index contributed by atoms with van der Waals surface area (Å²) in [6, 6.07) is 29.3. The van der Waals surface area contributed by atoms with Crippen LogP contribution in [0.1, 0.15) is 89.2 Å². The van der Waals surface area contributed by atoms with Gasteiger partial charge < -0.3 is 28.4 Å². The number of ether oxygens (including phenoxy) is 2. The Morgan fingerprint density at radius 2 is 0.938 bits per heavy atom. The largest absolute Gasteiger partial charge is 0.465 e. The summed E-state index contributed by atoms with van der Waals surface area (Å²) in [7, 11) is 0. The highest BCUT2D eigenvalue weighted by atomic mass is 35.5. The number of hydrogen-bond donors (Lipinski definition) is 2. The monoisotopic (exact) mass is 1330 g/mol. The van der Waals surface area contributed by atoms with E-state index in [1.165, 1.54) is 41.7 Å². The molecular formula is C64H57ClF3N19O9. The minimum Gasteiger partial charge on any atom is -0.465 e. The van der Waals surface area contributed by atoms with Gasteiger partial charge >= 0.3 is 11.9 Å². The van der Waals surface area contributed by atoms with Gasteiger partial charge in [0.1, 0.15) is 92.6 Å². The molecule has 1 amide bonds. The number of nitrogens with one attached hydrogen (secondary N) is 2. The van der Waals surface area contributed by atoms with E-state index in [1.807, 2.05) is 0 Å². The molecule has 0 aliphatic carbocycles. The van der Waals surface area contributed by atoms with E-state index in [2.05, 4.69) is 81.6 Å². The number of nitrogens with zero attached hydrogens (tertiary/aromatic N) is 17. The Morgan fingerprint density at radius 1 is 0.542 bits per heavy atom. The maximum Gasteiger partial charge on any atom is 0.317 e. The first-order valence-electron chi connectivity index (χ1n) is 29.5. The SMILES string of the molecule is CC1(C)C(=O)Nc2nnc(-c3cc(-c4ccon4)n(Cc4ccccc4F)n3)nc21.CCOC(=O)C(C)(C)c1nc(-c2cc(-c3ccon3)n(Cc3ccccc3F)n2)n[nH]c1=O.CCOC(=O)C(C)(C)c1nc(-c2cc(-c3ccon3)n(Cc3ccccc3F)n2)nnc1Cl. The van der Waals surface area contributed by atoms with Gasteiger partial charge in [-0.25, -0.2) is 33.2 Å². The standard InChI is InChI=1S/C22H20ClFN6O3.C22H21FN6O4.C20H16FN7O2/c1-4-32-21(31)22(2,3)18-19(23)26-27-20(25-18)16-11-17(15-9-10-33-29-15)30(28-16)12-13-7-5-6-8-14(13)24;1-4-32-21(31)22(2,3)18-20(30)26-25-19(24-18)16-11-17(15-9-10-33-28-15)29(27-16)12-13-7-5-6-8-14(13)23;1-20(2)16-18(23-19(20)29)25-24-17(22-16)14-9-15(13-7-8-30-27-13)28(26-14)10-11-5-3-4-6-12(11)21/h5-11H,4,12H2,1-3H3;5-11H,4,12H2,1-3H3,(H,26,30);3-9H,10H2,1-2H3,(H,23,25,29). The Labute approximate surface area is 547 Å². The molecule has 0 spiro atoms. The quantitative estimate of drug-likeness (QED) is 0.0754. The molecule has 12 aromatic rings. The molecule has 9 aromatic heterocycles. The molecule has 0 unspecified atom stereocenters. The van der Waals surface area contributed by atoms with E-state index in [0.717, 1.165) is 0 Å². The van der Waals surface area contributed by atoms with Gasteiger partial charge in [-0.3, -0.25) is 33.2 Å². The average Bonchev–Trinajstić information content (AvgIpc) is 1.54. The van der Waals surface area contributed by atoms with E-state index >= 15 is 0 Å². The van der Waals surface area contributed by atoms with Crippen LogP contribution < -0.4 is 10.9 Å². The third-order valence-corrected chi connectivity index (χ3v) is 15.4. The average molecular weight is 1330 g/mol. The predicted molar refractivity (Wildman–Crippen MR) is 335 cm³/mol. The zero-order valence-electron chi connectivity index (χ0n) is 52.4. The number of amides is 1. The first kappa shape index (κ1) is 65.7. The van der Waals surface area contributed by atoms with Crippen molar-refractivity contribution in [3.8, 4) is 68.7 Å². The van der Waals surface area contributed by atoms with Crippen molar-refractivity contribution in [2.24, 2.45) is 0 Å². The van der Waals surface area contributed by atoms with Crippen LogP contribution in [-0.2, 0) is 59.7 Å². The van der Waals surface area contributed by atoms with Crippen molar-refractivity contribution in [3.05, 3.63) is 195 Å². The summed E-state index contributed by atoms with van der Waals surface area (Å²) >= 11 is 6.22. The van der Waals surface area contributed by atoms with Gasteiger partial charge in [0, 0.05) is 34.9 Å². The summed E-state index contributed by atoms with van der Waals surface area (Å²) in [5.41, 5.74) is 2.34. The highest BCUT2D eigenvalue weighted by Crippen LogP contribution is 2.36. The molecule has 490 valence electrons. The van der Waals surface area contributed by atoms with Crippen molar-refractivity contribution >= 4 is 35.3 Å². The maximum atomic E-state index is 14.3. The Kier molecular flexibility index (Phi) is 18.8. The number of hydrogen-bond acceptors (Lipinski definition) is 23. The van der Waals surface area contributed by atoms with Gasteiger partial charge in [-0.15, -0.1) is 20.4 Å². The first-order valence-corrected chi connectivity index (χ1v) is 29.9. The fraction of sp³-hybridized carbons (Fsp3) is 0.250. The summed E-state index contributed by atoms with van der Waals surface area (Å²) < 4.78 is 72.6. The second-order valence-electron chi connectivity index (χ2n) is 22.9. The minimum atomic E-state index is -1.31. The fourth-order valence-corrected chi connectivity index (χ4v) is 10.1. The number of fused-ring (bicyclic) bond motifs is 1. The number of halogens is 4. The number of carbonyl (C=O) groups excluding carboxylic acids is 3. The van der Waals surface area contributed by atoms with E-state index in [-0.39, 0.29) is 90.2 Å². The number of rotatable bonds is 18. The minimum absolute atomic E-state index is 0.0145. The van der Waals surface area contributed by atoms with Crippen LogP contribution in [0.4, 0.5) is 19.0 Å². The Bertz CT molecular complexity index is 4860. The lowest BCUT2D eigenvalue weighted by molar-refractivity contribution is -0.149. The van der Waals surface area contributed by atoms with Crippen LogP contribution in [0, 0.1) is 17.5 Å². The molecule has 0 atom stereocenters. The molecule has 0 saturated carbocycles. The lowest BCUT2D eigenvalue weighted by Crippen LogP contribution is -2.38. The van der Waals surface area contributed by atoms with E-state index in [1.54, 1.807) is 156 Å². The van der Waals surface area contributed by atoms with Crippen LogP contribution in [0.3, 0.4) is 0 Å². The molecule has 1 aliphatic rings. The molecule has 0 radical (unpaired) electrons. The van der Waals surface area contributed by atoms with Gasteiger partial charge in [-0.1, -0.05) is 81.7 Å². The van der Waals surface area contributed by atoms with Gasteiger partial charge in [0.05, 0.1) is 61.0 Å². The summed E-state index contributed by atoms with van der Waals surface area (Å²) in [5, 5.41) is 50.8. The first-order chi connectivity index (χ1) is 46.0. The van der Waals surface area contributed by atoms with Crippen molar-refractivity contribution in [2.45, 2.75) is 91.3 Å². The number of anilines is 1. The molecule has 0 bridgehead atoms. The number of esters is 2. The van der Waals surface area contributed by atoms with Crippen molar-refractivity contribution in [2.75, 3.05) is 18.5 Å². The zero-order valence-corrected chi connectivity index (χ0v) is 53.2. The molecular weight excluding hydrogens is 1270 g/mol. The molecule has 32 heteroatoms. The van der Waals surface area contributed by atoms with Gasteiger partial charge in [-0.2, -0.15) is 20.4 Å². The van der Waals surface area contributed by atoms with E-state index < -0.39 is 33.7 Å². The third kappa shape index (κ3) is 13.7. The Hall–Kier alpha value is -11.8. The summed E-state index contributed by atoms with van der Waals surface area (Å²) in [5.74, 6) is -1.51. The molecule has 2 N–H and O–H groups in total. The zero-order chi connectivity index (χ0) is 68.1. The predicted octanol–water partition coefficient (Wildman–Crippen LogP) is 9.59. The van der Waals surface area contributed by atoms with Crippen molar-refractivity contribution in [1.82, 2.24) is 90.4 Å². The molecule has 0 saturated heterocycles. The number of aromatic amines is 1. The van der Waals surface area contributed by atoms with E-state index in [0.29, 0.717) is 79.4 Å². The number of carbonyl (C=O) groups is 3. The number of benzene rings is 3. The van der Waals surface area contributed by atoms with Crippen molar-refractivity contribution in [1.29, 1.82) is 0 Å². The van der Waals surface area contributed by atoms with E-state index in [4.69, 9.17) is 34.6 Å². The number of aromatic nitrogens is 18. The molecule has 13 rings (SSSR count). The highest BCUT2D eigenvalue weighted by Gasteiger charge is 2.42. The van der Waals surface area contributed by atoms with E-state index in [9.17, 15) is 32.3 Å². The van der Waals surface area contributed by atoms with Crippen molar-refractivity contribution in [3.63, 3.8) is 0 Å². The molecule has 0 fully saturated rings. The third-order valence-electron chi connectivity index (χ3n) is 15.1. The summed E-state index contributed by atoms with van der Waals surface area (Å²) in [6.45, 7) is 14.1. The molecule has 28 nitrogen and oxygen atoms in total. The van der Waals surface area contributed by atoms with Crippen LogP contribution >= 0.6 is 11.6 Å². The van der Waals surface area contributed by atoms with Gasteiger partial charge in [0.15, 0.2) is 16.8 Å². The Morgan fingerprint density at radius 3 is 1.35 bits per heavy atom. The Balaban J connectivity index is 0.000000146.